The Morgan fingerprint density at radius 3 is 2.56 bits per heavy atom. The average molecular weight is 253 g/mol. The monoisotopic (exact) mass is 253 g/mol. The van der Waals surface area contributed by atoms with Crippen LogP contribution >= 0.6 is 0 Å². The molecule has 1 N–H and O–H groups in total. The van der Waals surface area contributed by atoms with Gasteiger partial charge in [-0.15, -0.1) is 0 Å². The van der Waals surface area contributed by atoms with Crippen LogP contribution in [0, 0.1) is 5.92 Å². The van der Waals surface area contributed by atoms with Crippen LogP contribution < -0.4 is 5.32 Å². The van der Waals surface area contributed by atoms with E-state index in [-0.39, 0.29) is 0 Å². The molecule has 3 atom stereocenters. The molecule has 0 bridgehead atoms. The zero-order valence-electron chi connectivity index (χ0n) is 12.5. The van der Waals surface area contributed by atoms with Gasteiger partial charge in [0.2, 0.25) is 0 Å². The Bertz CT molecular complexity index is 247. The summed E-state index contributed by atoms with van der Waals surface area (Å²) >= 11 is 0. The fourth-order valence-electron chi connectivity index (χ4n) is 4.00. The van der Waals surface area contributed by atoms with Crippen molar-refractivity contribution in [3.8, 4) is 0 Å². The van der Waals surface area contributed by atoms with Gasteiger partial charge in [-0.3, -0.25) is 0 Å². The summed E-state index contributed by atoms with van der Waals surface area (Å²) in [6, 6.07) is 0.628. The first-order valence-corrected chi connectivity index (χ1v) is 8.10. The predicted molar refractivity (Wildman–Crippen MR) is 76.8 cm³/mol. The predicted octanol–water partition coefficient (Wildman–Crippen LogP) is 3.89. The second-order valence-corrected chi connectivity index (χ2v) is 6.42. The molecule has 0 amide bonds. The van der Waals surface area contributed by atoms with E-state index in [2.05, 4.69) is 26.1 Å². The lowest BCUT2D eigenvalue weighted by atomic mass is 9.90. The van der Waals surface area contributed by atoms with E-state index in [1.165, 1.54) is 51.4 Å². The quantitative estimate of drug-likeness (QED) is 0.775. The minimum atomic E-state index is 0.310. The standard InChI is InChI=1S/C16H31NO/c1-4-14(13(3)17-5-2)12-15-8-11-16(18-15)9-6-7-10-16/h13-15,17H,4-12H2,1-3H3. The van der Waals surface area contributed by atoms with E-state index in [0.717, 1.165) is 12.5 Å². The van der Waals surface area contributed by atoms with E-state index in [4.69, 9.17) is 4.74 Å². The summed E-state index contributed by atoms with van der Waals surface area (Å²) in [5.74, 6) is 0.770. The van der Waals surface area contributed by atoms with Crippen molar-refractivity contribution < 1.29 is 4.74 Å². The average Bonchev–Trinajstić information content (AvgIpc) is 2.98. The van der Waals surface area contributed by atoms with Crippen molar-refractivity contribution in [1.29, 1.82) is 0 Å². The third kappa shape index (κ3) is 3.27. The summed E-state index contributed by atoms with van der Waals surface area (Å²) in [7, 11) is 0. The lowest BCUT2D eigenvalue weighted by Gasteiger charge is -2.28. The number of rotatable bonds is 6. The van der Waals surface area contributed by atoms with Crippen molar-refractivity contribution in [2.24, 2.45) is 5.92 Å². The topological polar surface area (TPSA) is 21.3 Å². The Balaban J connectivity index is 1.82. The Hall–Kier alpha value is -0.0800. The molecule has 1 aliphatic carbocycles. The first-order chi connectivity index (χ1) is 8.69. The fourth-order valence-corrected chi connectivity index (χ4v) is 4.00. The summed E-state index contributed by atoms with van der Waals surface area (Å²) in [4.78, 5) is 0. The van der Waals surface area contributed by atoms with Gasteiger partial charge in [0, 0.05) is 6.04 Å². The normalized spacial score (nSPS) is 29.8. The van der Waals surface area contributed by atoms with Gasteiger partial charge in [-0.2, -0.15) is 0 Å². The maximum atomic E-state index is 6.44. The molecule has 2 rings (SSSR count). The molecule has 0 aromatic rings. The summed E-state index contributed by atoms with van der Waals surface area (Å²) in [6.07, 6.45) is 11.1. The molecule has 1 saturated carbocycles. The highest BCUT2D eigenvalue weighted by atomic mass is 16.5. The summed E-state index contributed by atoms with van der Waals surface area (Å²) in [6.45, 7) is 7.92. The second kappa shape index (κ2) is 6.38. The van der Waals surface area contributed by atoms with Crippen LogP contribution in [0.4, 0.5) is 0 Å². The van der Waals surface area contributed by atoms with Crippen LogP contribution in [0.3, 0.4) is 0 Å². The third-order valence-corrected chi connectivity index (χ3v) is 5.18. The van der Waals surface area contributed by atoms with E-state index >= 15 is 0 Å². The molecule has 0 radical (unpaired) electrons. The summed E-state index contributed by atoms with van der Waals surface area (Å²) in [5.41, 5.74) is 0.310. The van der Waals surface area contributed by atoms with Gasteiger partial charge in [0.15, 0.2) is 0 Å². The van der Waals surface area contributed by atoms with E-state index in [1.807, 2.05) is 0 Å². The van der Waals surface area contributed by atoms with E-state index in [0.29, 0.717) is 17.7 Å². The van der Waals surface area contributed by atoms with E-state index in [9.17, 15) is 0 Å². The van der Waals surface area contributed by atoms with Crippen LogP contribution in [-0.4, -0.2) is 24.3 Å². The maximum absolute atomic E-state index is 6.44. The van der Waals surface area contributed by atoms with Crippen molar-refractivity contribution in [1.82, 2.24) is 5.32 Å². The van der Waals surface area contributed by atoms with Crippen LogP contribution in [-0.2, 0) is 4.74 Å². The zero-order valence-corrected chi connectivity index (χ0v) is 12.5. The van der Waals surface area contributed by atoms with Crippen LogP contribution in [0.2, 0.25) is 0 Å². The number of nitrogens with one attached hydrogen (secondary N) is 1. The first-order valence-electron chi connectivity index (χ1n) is 8.10. The van der Waals surface area contributed by atoms with Crippen LogP contribution in [0.15, 0.2) is 0 Å². The minimum absolute atomic E-state index is 0.310. The van der Waals surface area contributed by atoms with Crippen molar-refractivity contribution >= 4 is 0 Å². The Morgan fingerprint density at radius 1 is 1.22 bits per heavy atom. The molecule has 1 spiro atoms. The molecular weight excluding hydrogens is 222 g/mol. The number of hydrogen-bond acceptors (Lipinski definition) is 2. The molecule has 2 fully saturated rings. The lowest BCUT2D eigenvalue weighted by molar-refractivity contribution is -0.0458. The highest BCUT2D eigenvalue weighted by Crippen LogP contribution is 2.44. The van der Waals surface area contributed by atoms with Gasteiger partial charge in [0.05, 0.1) is 11.7 Å². The molecule has 3 unspecified atom stereocenters. The highest BCUT2D eigenvalue weighted by Gasteiger charge is 2.42. The third-order valence-electron chi connectivity index (χ3n) is 5.18. The fraction of sp³-hybridized carbons (Fsp3) is 1.00. The molecule has 0 aromatic carbocycles. The van der Waals surface area contributed by atoms with Crippen LogP contribution in [0.25, 0.3) is 0 Å². The largest absolute Gasteiger partial charge is 0.372 e. The Labute approximate surface area is 113 Å². The molecule has 2 nitrogen and oxygen atoms in total. The Morgan fingerprint density at radius 2 is 1.94 bits per heavy atom. The molecule has 0 aromatic heterocycles. The molecule has 2 aliphatic rings. The van der Waals surface area contributed by atoms with Crippen LogP contribution in [0.5, 0.6) is 0 Å². The van der Waals surface area contributed by atoms with Gasteiger partial charge in [-0.1, -0.05) is 33.1 Å². The van der Waals surface area contributed by atoms with Crippen molar-refractivity contribution in [3.63, 3.8) is 0 Å². The maximum Gasteiger partial charge on any atom is 0.0687 e. The summed E-state index contributed by atoms with van der Waals surface area (Å²) < 4.78 is 6.44. The van der Waals surface area contributed by atoms with Gasteiger partial charge in [-0.05, 0) is 51.5 Å². The molecular formula is C16H31NO. The first kappa shape index (κ1) is 14.3. The molecule has 106 valence electrons. The second-order valence-electron chi connectivity index (χ2n) is 6.42. The summed E-state index contributed by atoms with van der Waals surface area (Å²) in [5, 5.41) is 3.58. The minimum Gasteiger partial charge on any atom is -0.372 e. The van der Waals surface area contributed by atoms with Crippen molar-refractivity contribution in [3.05, 3.63) is 0 Å². The molecule has 2 heteroatoms. The Kier molecular flexibility index (Phi) is 5.08. The van der Waals surface area contributed by atoms with Gasteiger partial charge in [0.25, 0.3) is 0 Å². The SMILES string of the molecule is CCNC(C)C(CC)CC1CCC2(CCCC2)O1. The highest BCUT2D eigenvalue weighted by molar-refractivity contribution is 4.93. The lowest BCUT2D eigenvalue weighted by Crippen LogP contribution is -2.35. The number of ether oxygens (including phenoxy) is 1. The molecule has 1 saturated heterocycles. The van der Waals surface area contributed by atoms with E-state index in [1.54, 1.807) is 0 Å². The zero-order chi connectivity index (χ0) is 13.0. The molecule has 1 aliphatic heterocycles. The molecule has 1 heterocycles. The van der Waals surface area contributed by atoms with Gasteiger partial charge in [0.1, 0.15) is 0 Å². The van der Waals surface area contributed by atoms with Crippen molar-refractivity contribution in [2.45, 2.75) is 89.9 Å². The molecule has 18 heavy (non-hydrogen) atoms. The number of hydrogen-bond donors (Lipinski definition) is 1. The van der Waals surface area contributed by atoms with Gasteiger partial charge < -0.3 is 10.1 Å². The van der Waals surface area contributed by atoms with Crippen LogP contribution in [0.1, 0.15) is 72.1 Å². The smallest absolute Gasteiger partial charge is 0.0687 e. The van der Waals surface area contributed by atoms with Gasteiger partial charge >= 0.3 is 0 Å². The van der Waals surface area contributed by atoms with Gasteiger partial charge in [-0.25, -0.2) is 0 Å². The van der Waals surface area contributed by atoms with Crippen molar-refractivity contribution in [2.75, 3.05) is 6.54 Å². The van der Waals surface area contributed by atoms with E-state index < -0.39 is 0 Å².